The van der Waals surface area contributed by atoms with E-state index in [4.69, 9.17) is 5.41 Å². The molecule has 1 saturated heterocycles. The SMILES string of the molecule is CC(=N)C1=C(O)[C@@H]2[C@H]3c4cn(S(=O)(=O)c5ccc(C)cc5)c5cccc(c45)C[C@H]3C(C)(C)N2C1=O. The molecule has 180 valence electrons. The highest BCUT2D eigenvalue weighted by Crippen LogP contribution is 2.58. The van der Waals surface area contributed by atoms with Crippen molar-refractivity contribution >= 4 is 32.5 Å². The number of fused-ring (bicyclic) bond motifs is 4. The Hall–Kier alpha value is -3.39. The van der Waals surface area contributed by atoms with Crippen molar-refractivity contribution < 1.29 is 18.3 Å². The van der Waals surface area contributed by atoms with E-state index in [1.54, 1.807) is 35.4 Å². The molecule has 3 aliphatic rings. The predicted octanol–water partition coefficient (Wildman–Crippen LogP) is 4.30. The summed E-state index contributed by atoms with van der Waals surface area (Å²) in [6, 6.07) is 11.9. The topological polar surface area (TPSA) is 103 Å². The Morgan fingerprint density at radius 1 is 1.14 bits per heavy atom. The molecule has 0 saturated carbocycles. The molecule has 3 atom stereocenters. The maximum absolute atomic E-state index is 13.7. The second kappa shape index (κ2) is 6.85. The van der Waals surface area contributed by atoms with E-state index in [-0.39, 0.29) is 39.7 Å². The Balaban J connectivity index is 1.61. The van der Waals surface area contributed by atoms with Gasteiger partial charge < -0.3 is 15.4 Å². The summed E-state index contributed by atoms with van der Waals surface area (Å²) in [6.07, 6.45) is 2.36. The highest BCUT2D eigenvalue weighted by molar-refractivity contribution is 7.90. The normalized spacial score (nSPS) is 24.7. The van der Waals surface area contributed by atoms with Crippen molar-refractivity contribution in [2.24, 2.45) is 5.92 Å². The van der Waals surface area contributed by atoms with Gasteiger partial charge >= 0.3 is 0 Å². The fraction of sp³-hybridized carbons (Fsp3) is 0.333. The number of amides is 1. The van der Waals surface area contributed by atoms with Crippen LogP contribution in [0.3, 0.4) is 0 Å². The van der Waals surface area contributed by atoms with E-state index in [0.29, 0.717) is 11.9 Å². The molecule has 1 amide bonds. The van der Waals surface area contributed by atoms with Crippen LogP contribution >= 0.6 is 0 Å². The Bertz CT molecular complexity index is 1600. The number of aryl methyl sites for hydroxylation is 1. The van der Waals surface area contributed by atoms with Crippen LogP contribution in [0.2, 0.25) is 0 Å². The van der Waals surface area contributed by atoms with Crippen LogP contribution in [0.5, 0.6) is 0 Å². The Morgan fingerprint density at radius 3 is 2.49 bits per heavy atom. The molecular formula is C27H27N3O4S. The number of hydrogen-bond donors (Lipinski definition) is 2. The van der Waals surface area contributed by atoms with Crippen LogP contribution < -0.4 is 0 Å². The quantitative estimate of drug-likeness (QED) is 0.536. The van der Waals surface area contributed by atoms with Gasteiger partial charge in [-0.2, -0.15) is 0 Å². The molecule has 3 heterocycles. The molecule has 8 heteroatoms. The van der Waals surface area contributed by atoms with Crippen LogP contribution in [0.1, 0.15) is 43.4 Å². The van der Waals surface area contributed by atoms with Crippen molar-refractivity contribution in [2.45, 2.75) is 56.5 Å². The molecule has 0 unspecified atom stereocenters. The molecule has 2 N–H and O–H groups in total. The van der Waals surface area contributed by atoms with Crippen LogP contribution in [-0.4, -0.2) is 45.6 Å². The van der Waals surface area contributed by atoms with Gasteiger partial charge in [0.25, 0.3) is 15.9 Å². The van der Waals surface area contributed by atoms with Crippen molar-refractivity contribution in [3.63, 3.8) is 0 Å². The number of nitrogens with zero attached hydrogens (tertiary/aromatic N) is 2. The number of hydrogen-bond acceptors (Lipinski definition) is 5. The van der Waals surface area contributed by atoms with Crippen LogP contribution in [0.25, 0.3) is 10.9 Å². The zero-order valence-corrected chi connectivity index (χ0v) is 20.8. The number of carbonyl (C=O) groups excluding carboxylic acids is 1. The highest BCUT2D eigenvalue weighted by Gasteiger charge is 2.63. The first-order valence-corrected chi connectivity index (χ1v) is 13.2. The summed E-state index contributed by atoms with van der Waals surface area (Å²) in [5.74, 6) is -0.698. The minimum absolute atomic E-state index is 0.0118. The molecule has 6 rings (SSSR count). The standard InChI is InChI=1S/C27H27N3O4S/c1-14-8-10-17(11-9-14)35(33,34)29-13-18-22-16(6-5-7-20(22)29)12-19-23(18)24-25(31)21(15(2)28)26(32)30(24)27(19,3)4/h5-11,13,19,23-24,28,31H,12H2,1-4H3/t19-,23+,24+/m1/s1. The lowest BCUT2D eigenvalue weighted by atomic mass is 9.69. The molecule has 1 aromatic heterocycles. The first-order chi connectivity index (χ1) is 16.5. The van der Waals surface area contributed by atoms with E-state index in [1.165, 1.54) is 10.9 Å². The van der Waals surface area contributed by atoms with E-state index >= 15 is 0 Å². The van der Waals surface area contributed by atoms with Gasteiger partial charge in [-0.05, 0) is 69.4 Å². The Labute approximate surface area is 204 Å². The van der Waals surface area contributed by atoms with Crippen molar-refractivity contribution in [2.75, 3.05) is 0 Å². The summed E-state index contributed by atoms with van der Waals surface area (Å²) in [4.78, 5) is 15.3. The summed E-state index contributed by atoms with van der Waals surface area (Å²) in [5.41, 5.74) is 2.96. The van der Waals surface area contributed by atoms with Crippen molar-refractivity contribution in [3.05, 3.63) is 76.7 Å². The molecule has 1 aliphatic carbocycles. The van der Waals surface area contributed by atoms with Gasteiger partial charge in [-0.15, -0.1) is 0 Å². The Kier molecular flexibility index (Phi) is 4.32. The average Bonchev–Trinajstić information content (AvgIpc) is 3.38. The number of benzene rings is 2. The molecule has 1 fully saturated rings. The summed E-state index contributed by atoms with van der Waals surface area (Å²) in [7, 11) is -3.86. The average molecular weight is 490 g/mol. The number of aliphatic hydroxyl groups is 1. The van der Waals surface area contributed by atoms with Gasteiger partial charge in [-0.1, -0.05) is 29.8 Å². The molecule has 0 radical (unpaired) electrons. The third-order valence-electron chi connectivity index (χ3n) is 8.21. The molecule has 0 spiro atoms. The lowest BCUT2D eigenvalue weighted by Crippen LogP contribution is -2.47. The van der Waals surface area contributed by atoms with E-state index in [2.05, 4.69) is 0 Å². The summed E-state index contributed by atoms with van der Waals surface area (Å²) < 4.78 is 28.8. The zero-order valence-electron chi connectivity index (χ0n) is 20.0. The van der Waals surface area contributed by atoms with Crippen molar-refractivity contribution in [3.8, 4) is 0 Å². The zero-order chi connectivity index (χ0) is 25.0. The number of nitrogens with one attached hydrogen (secondary N) is 1. The maximum Gasteiger partial charge on any atom is 0.268 e. The van der Waals surface area contributed by atoms with E-state index in [0.717, 1.165) is 22.1 Å². The van der Waals surface area contributed by atoms with Crippen molar-refractivity contribution in [1.29, 1.82) is 5.41 Å². The monoisotopic (exact) mass is 489 g/mol. The second-order valence-electron chi connectivity index (χ2n) is 10.5. The maximum atomic E-state index is 13.7. The minimum atomic E-state index is -3.86. The van der Waals surface area contributed by atoms with Crippen LogP contribution in [0.15, 0.2) is 64.9 Å². The van der Waals surface area contributed by atoms with Gasteiger partial charge in [-0.25, -0.2) is 12.4 Å². The van der Waals surface area contributed by atoms with Crippen LogP contribution in [0.4, 0.5) is 0 Å². The number of aliphatic hydroxyl groups excluding tert-OH is 1. The highest BCUT2D eigenvalue weighted by atomic mass is 32.2. The summed E-state index contributed by atoms with van der Waals surface area (Å²) in [6.45, 7) is 7.43. The first-order valence-electron chi connectivity index (χ1n) is 11.7. The molecule has 2 aromatic carbocycles. The fourth-order valence-electron chi connectivity index (χ4n) is 6.58. The third kappa shape index (κ3) is 2.68. The van der Waals surface area contributed by atoms with Gasteiger partial charge in [0.15, 0.2) is 0 Å². The van der Waals surface area contributed by atoms with Gasteiger partial charge in [0.05, 0.1) is 22.0 Å². The van der Waals surface area contributed by atoms with Gasteiger partial charge in [0, 0.05) is 28.8 Å². The van der Waals surface area contributed by atoms with E-state index in [9.17, 15) is 18.3 Å². The first kappa shape index (κ1) is 22.1. The molecule has 0 bridgehead atoms. The minimum Gasteiger partial charge on any atom is -0.509 e. The number of aromatic nitrogens is 1. The smallest absolute Gasteiger partial charge is 0.268 e. The largest absolute Gasteiger partial charge is 0.509 e. The fourth-order valence-corrected chi connectivity index (χ4v) is 7.95. The van der Waals surface area contributed by atoms with Gasteiger partial charge in [0.2, 0.25) is 0 Å². The van der Waals surface area contributed by atoms with Crippen LogP contribution in [0, 0.1) is 18.3 Å². The van der Waals surface area contributed by atoms with Crippen molar-refractivity contribution in [1.82, 2.24) is 8.87 Å². The summed E-state index contributed by atoms with van der Waals surface area (Å²) >= 11 is 0. The summed E-state index contributed by atoms with van der Waals surface area (Å²) in [5, 5.41) is 20.1. The van der Waals surface area contributed by atoms with Gasteiger partial charge in [-0.3, -0.25) is 4.79 Å². The third-order valence-corrected chi connectivity index (χ3v) is 9.90. The molecule has 7 nitrogen and oxygen atoms in total. The lowest BCUT2D eigenvalue weighted by Gasteiger charge is -2.37. The van der Waals surface area contributed by atoms with E-state index < -0.39 is 21.6 Å². The molecule has 3 aromatic rings. The lowest BCUT2D eigenvalue weighted by molar-refractivity contribution is -0.130. The second-order valence-corrected chi connectivity index (χ2v) is 12.3. The van der Waals surface area contributed by atoms with Crippen LogP contribution in [-0.2, 0) is 21.2 Å². The molecular weight excluding hydrogens is 462 g/mol. The number of rotatable bonds is 3. The van der Waals surface area contributed by atoms with Gasteiger partial charge in [0.1, 0.15) is 5.76 Å². The molecule has 2 aliphatic heterocycles. The predicted molar refractivity (Wildman–Crippen MR) is 133 cm³/mol. The van der Waals surface area contributed by atoms with E-state index in [1.807, 2.05) is 39.0 Å². The molecule has 35 heavy (non-hydrogen) atoms. The number of carbonyl (C=O) groups is 1. The Morgan fingerprint density at radius 2 is 1.83 bits per heavy atom.